The fourth-order valence-electron chi connectivity index (χ4n) is 2.49. The first-order valence-electron chi connectivity index (χ1n) is 6.41. The van der Waals surface area contributed by atoms with Crippen LogP contribution in [-0.2, 0) is 6.54 Å². The van der Waals surface area contributed by atoms with E-state index in [1.165, 1.54) is 30.6 Å². The van der Waals surface area contributed by atoms with Crippen molar-refractivity contribution in [3.05, 3.63) is 21.9 Å². The quantitative estimate of drug-likeness (QED) is 0.881. The molecule has 1 fully saturated rings. The van der Waals surface area contributed by atoms with Crippen molar-refractivity contribution in [2.24, 2.45) is 0 Å². The Bertz CT molecular complexity index is 409. The molecule has 2 heterocycles. The van der Waals surface area contributed by atoms with Gasteiger partial charge in [-0.25, -0.2) is 15.2 Å². The first kappa shape index (κ1) is 13.5. The maximum atomic E-state index is 10.8. The van der Waals surface area contributed by atoms with Gasteiger partial charge in [0.2, 0.25) is 0 Å². The van der Waals surface area contributed by atoms with Crippen LogP contribution in [0.25, 0.3) is 0 Å². The lowest BCUT2D eigenvalue weighted by molar-refractivity contribution is 0.0439. The van der Waals surface area contributed by atoms with Gasteiger partial charge in [0.05, 0.1) is 0 Å². The highest BCUT2D eigenvalue weighted by Gasteiger charge is 2.24. The third-order valence-electron chi connectivity index (χ3n) is 3.50. The second-order valence-electron chi connectivity index (χ2n) is 4.94. The summed E-state index contributed by atoms with van der Waals surface area (Å²) >= 11 is 1.34. The SMILES string of the molecule is CC1CCCC(C)N1NCc1ccc(C(=O)O)s1. The molecule has 0 radical (unpaired) electrons. The smallest absolute Gasteiger partial charge is 0.345 e. The highest BCUT2D eigenvalue weighted by atomic mass is 32.1. The van der Waals surface area contributed by atoms with Gasteiger partial charge in [0.15, 0.2) is 0 Å². The Hall–Kier alpha value is -0.910. The molecule has 1 aliphatic rings. The van der Waals surface area contributed by atoms with E-state index in [-0.39, 0.29) is 0 Å². The van der Waals surface area contributed by atoms with Crippen molar-refractivity contribution >= 4 is 17.3 Å². The molecule has 2 rings (SSSR count). The molecule has 100 valence electrons. The Morgan fingerprint density at radius 3 is 2.67 bits per heavy atom. The number of nitrogens with zero attached hydrogens (tertiary/aromatic N) is 1. The van der Waals surface area contributed by atoms with Gasteiger partial charge in [-0.15, -0.1) is 11.3 Å². The van der Waals surface area contributed by atoms with Crippen molar-refractivity contribution in [1.29, 1.82) is 0 Å². The van der Waals surface area contributed by atoms with Crippen LogP contribution in [-0.4, -0.2) is 28.2 Å². The van der Waals surface area contributed by atoms with Crippen LogP contribution < -0.4 is 5.43 Å². The number of rotatable bonds is 4. The molecule has 5 heteroatoms. The number of nitrogens with one attached hydrogen (secondary N) is 1. The van der Waals surface area contributed by atoms with Crippen molar-refractivity contribution in [3.63, 3.8) is 0 Å². The van der Waals surface area contributed by atoms with Crippen molar-refractivity contribution < 1.29 is 9.90 Å². The molecule has 2 atom stereocenters. The maximum absolute atomic E-state index is 10.8. The van der Waals surface area contributed by atoms with E-state index in [1.54, 1.807) is 6.07 Å². The first-order chi connectivity index (χ1) is 8.58. The second kappa shape index (κ2) is 5.82. The first-order valence-corrected chi connectivity index (χ1v) is 7.23. The van der Waals surface area contributed by atoms with E-state index in [2.05, 4.69) is 24.3 Å². The Kier molecular flexibility index (Phi) is 4.37. The van der Waals surface area contributed by atoms with Gasteiger partial charge >= 0.3 is 5.97 Å². The van der Waals surface area contributed by atoms with Crippen LogP contribution in [0.2, 0.25) is 0 Å². The highest BCUT2D eigenvalue weighted by molar-refractivity contribution is 7.13. The summed E-state index contributed by atoms with van der Waals surface area (Å²) in [5, 5.41) is 11.2. The Morgan fingerprint density at radius 1 is 1.44 bits per heavy atom. The van der Waals surface area contributed by atoms with E-state index in [9.17, 15) is 4.79 Å². The van der Waals surface area contributed by atoms with Gasteiger partial charge in [0.1, 0.15) is 4.88 Å². The summed E-state index contributed by atoms with van der Waals surface area (Å²) in [5.41, 5.74) is 3.44. The number of carboxylic acid groups (broad SMARTS) is 1. The summed E-state index contributed by atoms with van der Waals surface area (Å²) in [6, 6.07) is 4.66. The van der Waals surface area contributed by atoms with Crippen molar-refractivity contribution in [3.8, 4) is 0 Å². The van der Waals surface area contributed by atoms with E-state index in [4.69, 9.17) is 5.11 Å². The Morgan fingerprint density at radius 2 is 2.11 bits per heavy atom. The standard InChI is InChI=1S/C13H20N2O2S/c1-9-4-3-5-10(2)15(9)14-8-11-6-7-12(18-11)13(16)17/h6-7,9-10,14H,3-5,8H2,1-2H3,(H,16,17). The lowest BCUT2D eigenvalue weighted by Gasteiger charge is -2.39. The second-order valence-corrected chi connectivity index (χ2v) is 6.11. The van der Waals surface area contributed by atoms with E-state index < -0.39 is 5.97 Å². The summed E-state index contributed by atoms with van der Waals surface area (Å²) in [7, 11) is 0. The van der Waals surface area contributed by atoms with Crippen LogP contribution in [0.1, 0.15) is 47.7 Å². The molecule has 0 saturated carbocycles. The fourth-order valence-corrected chi connectivity index (χ4v) is 3.27. The van der Waals surface area contributed by atoms with E-state index >= 15 is 0 Å². The fraction of sp³-hybridized carbons (Fsp3) is 0.615. The molecule has 0 aliphatic carbocycles. The van der Waals surface area contributed by atoms with Gasteiger partial charge in [-0.2, -0.15) is 0 Å². The monoisotopic (exact) mass is 268 g/mol. The van der Waals surface area contributed by atoms with Gasteiger partial charge in [-0.3, -0.25) is 0 Å². The minimum atomic E-state index is -0.842. The molecule has 0 spiro atoms. The summed E-state index contributed by atoms with van der Waals surface area (Å²) < 4.78 is 0. The highest BCUT2D eigenvalue weighted by Crippen LogP contribution is 2.21. The average Bonchev–Trinajstić information content (AvgIpc) is 2.77. The minimum absolute atomic E-state index is 0.409. The minimum Gasteiger partial charge on any atom is -0.477 e. The van der Waals surface area contributed by atoms with Gasteiger partial charge in [0.25, 0.3) is 0 Å². The number of carbonyl (C=O) groups is 1. The predicted molar refractivity (Wildman–Crippen MR) is 72.7 cm³/mol. The summed E-state index contributed by atoms with van der Waals surface area (Å²) in [6.45, 7) is 5.19. The number of hydrogen-bond donors (Lipinski definition) is 2. The normalized spacial score (nSPS) is 25.2. The molecule has 0 bridgehead atoms. The van der Waals surface area contributed by atoms with E-state index in [0.29, 0.717) is 23.5 Å². The number of hydrogen-bond acceptors (Lipinski definition) is 4. The third-order valence-corrected chi connectivity index (χ3v) is 4.58. The molecule has 18 heavy (non-hydrogen) atoms. The summed E-state index contributed by atoms with van der Waals surface area (Å²) in [6.07, 6.45) is 3.74. The van der Waals surface area contributed by atoms with Crippen LogP contribution in [0.4, 0.5) is 0 Å². The molecule has 4 nitrogen and oxygen atoms in total. The van der Waals surface area contributed by atoms with Crippen LogP contribution in [0.5, 0.6) is 0 Å². The van der Waals surface area contributed by atoms with Crippen LogP contribution in [0.3, 0.4) is 0 Å². The van der Waals surface area contributed by atoms with Gasteiger partial charge in [0, 0.05) is 23.5 Å². The predicted octanol–water partition coefficient (Wildman–Crippen LogP) is 2.71. The average molecular weight is 268 g/mol. The molecule has 0 amide bonds. The van der Waals surface area contributed by atoms with Crippen LogP contribution >= 0.6 is 11.3 Å². The number of piperidine rings is 1. The van der Waals surface area contributed by atoms with E-state index in [1.807, 2.05) is 6.07 Å². The number of hydrazine groups is 1. The third kappa shape index (κ3) is 3.10. The van der Waals surface area contributed by atoms with Crippen LogP contribution in [0, 0.1) is 0 Å². The Labute approximate surface area is 112 Å². The molecule has 2 unspecified atom stereocenters. The number of aromatic carboxylic acids is 1. The molecule has 1 saturated heterocycles. The zero-order valence-corrected chi connectivity index (χ0v) is 11.7. The zero-order valence-electron chi connectivity index (χ0n) is 10.8. The molecular formula is C13H20N2O2S. The molecule has 1 aromatic rings. The Balaban J connectivity index is 1.91. The van der Waals surface area contributed by atoms with E-state index in [0.717, 1.165) is 4.88 Å². The zero-order chi connectivity index (χ0) is 13.1. The van der Waals surface area contributed by atoms with Gasteiger partial charge in [-0.1, -0.05) is 6.42 Å². The lowest BCUT2D eigenvalue weighted by atomic mass is 10.00. The largest absolute Gasteiger partial charge is 0.477 e. The maximum Gasteiger partial charge on any atom is 0.345 e. The number of carboxylic acids is 1. The number of thiophene rings is 1. The van der Waals surface area contributed by atoms with Crippen molar-refractivity contribution in [2.45, 2.75) is 51.7 Å². The van der Waals surface area contributed by atoms with Crippen molar-refractivity contribution in [1.82, 2.24) is 10.4 Å². The summed E-state index contributed by atoms with van der Waals surface area (Å²) in [5.74, 6) is -0.842. The van der Waals surface area contributed by atoms with Gasteiger partial charge in [-0.05, 0) is 38.8 Å². The summed E-state index contributed by atoms with van der Waals surface area (Å²) in [4.78, 5) is 12.3. The lowest BCUT2D eigenvalue weighted by Crippen LogP contribution is -2.51. The van der Waals surface area contributed by atoms with Crippen LogP contribution in [0.15, 0.2) is 12.1 Å². The molecule has 0 aromatic carbocycles. The van der Waals surface area contributed by atoms with Crippen molar-refractivity contribution in [2.75, 3.05) is 0 Å². The molecule has 1 aromatic heterocycles. The topological polar surface area (TPSA) is 52.6 Å². The van der Waals surface area contributed by atoms with Gasteiger partial charge < -0.3 is 5.11 Å². The molecule has 2 N–H and O–H groups in total. The molecule has 1 aliphatic heterocycles. The molecular weight excluding hydrogens is 248 g/mol.